The van der Waals surface area contributed by atoms with Gasteiger partial charge in [-0.3, -0.25) is 0 Å². The summed E-state index contributed by atoms with van der Waals surface area (Å²) in [5.74, 6) is 0. The largest absolute Gasteiger partial charge is 0.313 e. The highest BCUT2D eigenvalue weighted by Crippen LogP contribution is 2.28. The van der Waals surface area contributed by atoms with E-state index in [0.29, 0.717) is 0 Å². The maximum absolute atomic E-state index is 4.85. The molecule has 0 spiro atoms. The number of hydrogen-bond donors (Lipinski definition) is 0. The van der Waals surface area contributed by atoms with Gasteiger partial charge in [-0.25, -0.2) is 4.99 Å². The third kappa shape index (κ3) is 3.38. The Morgan fingerprint density at radius 2 is 1.91 bits per heavy atom. The zero-order valence-electron chi connectivity index (χ0n) is 12.9. The molecule has 0 atom stereocenters. The number of thiazole rings is 1. The Kier molecular flexibility index (Phi) is 4.94. The summed E-state index contributed by atoms with van der Waals surface area (Å²) in [5.41, 5.74) is 4.49. The third-order valence-corrected chi connectivity index (χ3v) is 5.15. The average Bonchev–Trinajstić information content (AvgIpc) is 2.93. The fourth-order valence-corrected chi connectivity index (χ4v) is 3.81. The minimum absolute atomic E-state index is 0.727. The predicted molar refractivity (Wildman–Crippen MR) is 102 cm³/mol. The fraction of sp³-hybridized carbons (Fsp3) is 0.105. The quantitative estimate of drug-likeness (QED) is 0.512. The lowest BCUT2D eigenvalue weighted by molar-refractivity contribution is 0.800. The summed E-state index contributed by atoms with van der Waals surface area (Å²) in [4.78, 5) is 5.83. The van der Waals surface area contributed by atoms with Crippen molar-refractivity contribution in [3.05, 3.63) is 81.4 Å². The van der Waals surface area contributed by atoms with Crippen LogP contribution in [0.4, 0.5) is 5.69 Å². The van der Waals surface area contributed by atoms with E-state index in [1.54, 1.807) is 11.3 Å². The van der Waals surface area contributed by atoms with Crippen molar-refractivity contribution in [1.29, 1.82) is 0 Å². The van der Waals surface area contributed by atoms with Crippen LogP contribution in [-0.2, 0) is 6.54 Å². The van der Waals surface area contributed by atoms with Gasteiger partial charge in [0.1, 0.15) is 0 Å². The van der Waals surface area contributed by atoms with Gasteiger partial charge in [-0.2, -0.15) is 0 Å². The first-order valence-electron chi connectivity index (χ1n) is 7.35. The van der Waals surface area contributed by atoms with Gasteiger partial charge in [-0.15, -0.1) is 17.9 Å². The summed E-state index contributed by atoms with van der Waals surface area (Å²) in [6, 6.07) is 16.4. The number of rotatable bonds is 4. The van der Waals surface area contributed by atoms with E-state index in [0.717, 1.165) is 32.8 Å². The summed E-state index contributed by atoms with van der Waals surface area (Å²) < 4.78 is 3.28. The van der Waals surface area contributed by atoms with Crippen molar-refractivity contribution in [1.82, 2.24) is 4.57 Å². The van der Waals surface area contributed by atoms with E-state index in [2.05, 4.69) is 57.6 Å². The van der Waals surface area contributed by atoms with Gasteiger partial charge in [0.15, 0.2) is 4.80 Å². The predicted octanol–water partition coefficient (Wildman–Crippen LogP) is 5.71. The number of benzene rings is 2. The van der Waals surface area contributed by atoms with E-state index in [1.807, 2.05) is 36.4 Å². The molecule has 0 aliphatic carbocycles. The number of allylic oxidation sites excluding steroid dienone is 1. The van der Waals surface area contributed by atoms with Crippen molar-refractivity contribution in [3.63, 3.8) is 0 Å². The first-order chi connectivity index (χ1) is 11.2. The van der Waals surface area contributed by atoms with Crippen molar-refractivity contribution >= 4 is 33.0 Å². The molecule has 0 unspecified atom stereocenters. The second-order valence-corrected chi connectivity index (χ2v) is 6.87. The SMILES string of the molecule is C=CCn1c(-c2ccccc2Br)csc1=Nc1ccccc1C. The monoisotopic (exact) mass is 384 g/mol. The van der Waals surface area contributed by atoms with Crippen molar-refractivity contribution in [2.24, 2.45) is 4.99 Å². The number of nitrogens with zero attached hydrogens (tertiary/aromatic N) is 2. The molecule has 2 aromatic carbocycles. The van der Waals surface area contributed by atoms with Crippen LogP contribution in [0.2, 0.25) is 0 Å². The zero-order valence-corrected chi connectivity index (χ0v) is 15.3. The molecule has 0 saturated carbocycles. The standard InChI is InChI=1S/C19H17BrN2S/c1-3-12-22-18(15-9-5-6-10-16(15)20)13-23-19(22)21-17-11-7-4-8-14(17)2/h3-11,13H,1,12H2,2H3. The summed E-state index contributed by atoms with van der Waals surface area (Å²) in [7, 11) is 0. The third-order valence-electron chi connectivity index (χ3n) is 3.59. The van der Waals surface area contributed by atoms with Gasteiger partial charge >= 0.3 is 0 Å². The van der Waals surface area contributed by atoms with Crippen LogP contribution >= 0.6 is 27.3 Å². The lowest BCUT2D eigenvalue weighted by atomic mass is 10.2. The van der Waals surface area contributed by atoms with Gasteiger partial charge in [0.25, 0.3) is 0 Å². The van der Waals surface area contributed by atoms with Crippen LogP contribution in [0.5, 0.6) is 0 Å². The van der Waals surface area contributed by atoms with Crippen molar-refractivity contribution < 1.29 is 0 Å². The van der Waals surface area contributed by atoms with E-state index in [9.17, 15) is 0 Å². The van der Waals surface area contributed by atoms with Gasteiger partial charge in [0.05, 0.1) is 11.4 Å². The Labute approximate surface area is 148 Å². The number of hydrogen-bond acceptors (Lipinski definition) is 2. The molecule has 1 heterocycles. The fourth-order valence-electron chi connectivity index (χ4n) is 2.40. The number of aryl methyl sites for hydroxylation is 1. The normalized spacial score (nSPS) is 11.7. The maximum Gasteiger partial charge on any atom is 0.190 e. The van der Waals surface area contributed by atoms with Gasteiger partial charge in [0.2, 0.25) is 0 Å². The van der Waals surface area contributed by atoms with Gasteiger partial charge in [0, 0.05) is 22.0 Å². The van der Waals surface area contributed by atoms with Crippen molar-refractivity contribution in [2.45, 2.75) is 13.5 Å². The molecule has 0 saturated heterocycles. The Bertz CT molecular complexity index is 905. The van der Waals surface area contributed by atoms with Crippen LogP contribution < -0.4 is 4.80 Å². The number of para-hydroxylation sites is 1. The Morgan fingerprint density at radius 1 is 1.17 bits per heavy atom. The van der Waals surface area contributed by atoms with Crippen LogP contribution in [0.15, 0.2) is 76.0 Å². The first-order valence-corrected chi connectivity index (χ1v) is 9.02. The van der Waals surface area contributed by atoms with Crippen LogP contribution in [0.25, 0.3) is 11.3 Å². The van der Waals surface area contributed by atoms with E-state index in [1.165, 1.54) is 5.56 Å². The molecule has 4 heteroatoms. The number of aromatic nitrogens is 1. The molecule has 3 aromatic rings. The molecule has 3 rings (SSSR count). The molecule has 2 nitrogen and oxygen atoms in total. The second kappa shape index (κ2) is 7.11. The molecule has 0 radical (unpaired) electrons. The molecule has 0 N–H and O–H groups in total. The molecule has 0 amide bonds. The minimum atomic E-state index is 0.727. The lowest BCUT2D eigenvalue weighted by Crippen LogP contribution is -2.15. The molecular formula is C19H17BrN2S. The molecule has 0 aliphatic heterocycles. The Morgan fingerprint density at radius 3 is 2.65 bits per heavy atom. The molecule has 0 bridgehead atoms. The van der Waals surface area contributed by atoms with Crippen LogP contribution in [0.3, 0.4) is 0 Å². The van der Waals surface area contributed by atoms with Crippen LogP contribution in [0, 0.1) is 6.92 Å². The van der Waals surface area contributed by atoms with E-state index < -0.39 is 0 Å². The lowest BCUT2D eigenvalue weighted by Gasteiger charge is -2.08. The molecule has 23 heavy (non-hydrogen) atoms. The Balaban J connectivity index is 2.19. The molecule has 116 valence electrons. The smallest absolute Gasteiger partial charge is 0.190 e. The summed E-state index contributed by atoms with van der Waals surface area (Å²) in [6.45, 7) is 6.70. The number of halogens is 1. The van der Waals surface area contributed by atoms with E-state index >= 15 is 0 Å². The highest BCUT2D eigenvalue weighted by Gasteiger charge is 2.10. The highest BCUT2D eigenvalue weighted by atomic mass is 79.9. The topological polar surface area (TPSA) is 17.3 Å². The van der Waals surface area contributed by atoms with Crippen LogP contribution in [-0.4, -0.2) is 4.57 Å². The maximum atomic E-state index is 4.85. The zero-order chi connectivity index (χ0) is 16.2. The minimum Gasteiger partial charge on any atom is -0.313 e. The van der Waals surface area contributed by atoms with Gasteiger partial charge in [-0.1, -0.05) is 58.4 Å². The van der Waals surface area contributed by atoms with E-state index in [4.69, 9.17) is 4.99 Å². The average molecular weight is 385 g/mol. The van der Waals surface area contributed by atoms with Crippen molar-refractivity contribution in [2.75, 3.05) is 0 Å². The van der Waals surface area contributed by atoms with Crippen LogP contribution in [0.1, 0.15) is 5.56 Å². The highest BCUT2D eigenvalue weighted by molar-refractivity contribution is 9.10. The summed E-state index contributed by atoms with van der Waals surface area (Å²) in [6.07, 6.45) is 1.91. The molecule has 0 fully saturated rings. The van der Waals surface area contributed by atoms with Crippen molar-refractivity contribution in [3.8, 4) is 11.3 Å². The molecule has 0 aliphatic rings. The van der Waals surface area contributed by atoms with Gasteiger partial charge in [-0.05, 0) is 24.6 Å². The summed E-state index contributed by atoms with van der Waals surface area (Å²) in [5, 5.41) is 2.15. The summed E-state index contributed by atoms with van der Waals surface area (Å²) >= 11 is 5.29. The first kappa shape index (κ1) is 16.0. The molecule has 1 aromatic heterocycles. The van der Waals surface area contributed by atoms with E-state index in [-0.39, 0.29) is 0 Å². The Hall–Kier alpha value is -1.91. The second-order valence-electron chi connectivity index (χ2n) is 5.18. The van der Waals surface area contributed by atoms with Gasteiger partial charge < -0.3 is 4.57 Å². The molecular weight excluding hydrogens is 368 g/mol.